The fraction of sp³-hybridized carbons (Fsp3) is 0.296. The minimum absolute atomic E-state index is 0.0937. The van der Waals surface area contributed by atoms with E-state index < -0.39 is 0 Å². The lowest BCUT2D eigenvalue weighted by atomic mass is 10.0. The molecule has 0 amide bonds. The molecule has 4 aromatic rings. The number of hydrogen-bond acceptors (Lipinski definition) is 5. The van der Waals surface area contributed by atoms with Crippen LogP contribution in [0.1, 0.15) is 21.9 Å². The Balaban J connectivity index is 1.37. The monoisotopic (exact) mass is 439 g/mol. The summed E-state index contributed by atoms with van der Waals surface area (Å²) in [7, 11) is 4.17. The van der Waals surface area contributed by atoms with Crippen molar-refractivity contribution >= 4 is 22.2 Å². The van der Waals surface area contributed by atoms with Gasteiger partial charge in [-0.1, -0.05) is 24.3 Å². The predicted octanol–water partition coefficient (Wildman–Crippen LogP) is 4.12. The molecule has 6 nitrogen and oxygen atoms in total. The van der Waals surface area contributed by atoms with Gasteiger partial charge in [-0.2, -0.15) is 0 Å². The lowest BCUT2D eigenvalue weighted by Crippen LogP contribution is -2.44. The number of nitrogens with zero attached hydrogens (tertiary/aromatic N) is 5. The van der Waals surface area contributed by atoms with Gasteiger partial charge in [0.25, 0.3) is 0 Å². The molecular formula is C27H29N5O. The van der Waals surface area contributed by atoms with Crippen molar-refractivity contribution in [2.45, 2.75) is 13.3 Å². The SMILES string of the molecule is Cc1ncc(-c2ccc3cnc(CC(=O)c4cccc(N5CCN(C)CC5)c4)cc3c2)n1C. The molecule has 0 spiro atoms. The van der Waals surface area contributed by atoms with Crippen LogP contribution in [0.5, 0.6) is 0 Å². The van der Waals surface area contributed by atoms with E-state index in [-0.39, 0.29) is 12.2 Å². The normalized spacial score (nSPS) is 14.7. The summed E-state index contributed by atoms with van der Waals surface area (Å²) in [6.45, 7) is 6.05. The summed E-state index contributed by atoms with van der Waals surface area (Å²) in [6, 6.07) is 16.4. The number of carbonyl (C=O) groups excluding carboxylic acids is 1. The van der Waals surface area contributed by atoms with E-state index >= 15 is 0 Å². The topological polar surface area (TPSA) is 54.3 Å². The molecule has 6 heteroatoms. The fourth-order valence-electron chi connectivity index (χ4n) is 4.42. The quantitative estimate of drug-likeness (QED) is 0.438. The van der Waals surface area contributed by atoms with E-state index in [4.69, 9.17) is 0 Å². The third-order valence-corrected chi connectivity index (χ3v) is 6.67. The summed E-state index contributed by atoms with van der Waals surface area (Å²) in [4.78, 5) is 26.8. The van der Waals surface area contributed by atoms with Crippen LogP contribution in [0.25, 0.3) is 22.0 Å². The highest BCUT2D eigenvalue weighted by Gasteiger charge is 2.16. The Morgan fingerprint density at radius 3 is 2.48 bits per heavy atom. The number of ketones is 1. The van der Waals surface area contributed by atoms with E-state index in [9.17, 15) is 4.79 Å². The number of anilines is 1. The largest absolute Gasteiger partial charge is 0.369 e. The van der Waals surface area contributed by atoms with Gasteiger partial charge >= 0.3 is 0 Å². The van der Waals surface area contributed by atoms with Crippen LogP contribution in [0, 0.1) is 6.92 Å². The molecule has 5 rings (SSSR count). The van der Waals surface area contributed by atoms with Gasteiger partial charge in [0, 0.05) is 67.3 Å². The third kappa shape index (κ3) is 4.39. The zero-order valence-electron chi connectivity index (χ0n) is 19.5. The van der Waals surface area contributed by atoms with Crippen LogP contribution in [0.4, 0.5) is 5.69 Å². The van der Waals surface area contributed by atoms with Gasteiger partial charge < -0.3 is 14.4 Å². The summed E-state index contributed by atoms with van der Waals surface area (Å²) in [5, 5.41) is 2.14. The van der Waals surface area contributed by atoms with Gasteiger partial charge in [0.1, 0.15) is 5.82 Å². The molecule has 2 aromatic carbocycles. The highest BCUT2D eigenvalue weighted by Crippen LogP contribution is 2.25. The number of hydrogen-bond donors (Lipinski definition) is 0. The van der Waals surface area contributed by atoms with Crippen molar-refractivity contribution in [1.29, 1.82) is 0 Å². The van der Waals surface area contributed by atoms with Crippen LogP contribution in [0.2, 0.25) is 0 Å². The molecule has 1 aliphatic rings. The molecule has 1 saturated heterocycles. The van der Waals surface area contributed by atoms with Gasteiger partial charge in [0.15, 0.2) is 5.78 Å². The third-order valence-electron chi connectivity index (χ3n) is 6.67. The van der Waals surface area contributed by atoms with Crippen molar-refractivity contribution in [3.8, 4) is 11.3 Å². The summed E-state index contributed by atoms with van der Waals surface area (Å²) in [6.07, 6.45) is 4.05. The minimum atomic E-state index is 0.0937. The molecular weight excluding hydrogens is 410 g/mol. The van der Waals surface area contributed by atoms with E-state index in [1.54, 1.807) is 0 Å². The molecule has 0 atom stereocenters. The van der Waals surface area contributed by atoms with Crippen molar-refractivity contribution < 1.29 is 4.79 Å². The Morgan fingerprint density at radius 1 is 0.909 bits per heavy atom. The van der Waals surface area contributed by atoms with Crippen LogP contribution < -0.4 is 4.90 Å². The Kier molecular flexibility index (Phi) is 5.68. The smallest absolute Gasteiger partial charge is 0.168 e. The van der Waals surface area contributed by atoms with Gasteiger partial charge in [0.05, 0.1) is 18.3 Å². The van der Waals surface area contributed by atoms with E-state index in [0.717, 1.165) is 71.0 Å². The zero-order chi connectivity index (χ0) is 22.9. The first-order chi connectivity index (χ1) is 16.0. The highest BCUT2D eigenvalue weighted by molar-refractivity contribution is 5.98. The van der Waals surface area contributed by atoms with Gasteiger partial charge in [-0.05, 0) is 43.6 Å². The lowest BCUT2D eigenvalue weighted by Gasteiger charge is -2.34. The van der Waals surface area contributed by atoms with Crippen molar-refractivity contribution in [1.82, 2.24) is 19.4 Å². The standard InChI is InChI=1S/C27H29N5O/c1-19-28-18-26(31(19)3)20-7-8-22-17-29-24(14-23(22)13-20)16-27(33)21-5-4-6-25(15-21)32-11-9-30(2)10-12-32/h4-8,13-15,17-18H,9-12,16H2,1-3H3. The fourth-order valence-corrected chi connectivity index (χ4v) is 4.42. The maximum atomic E-state index is 13.1. The minimum Gasteiger partial charge on any atom is -0.369 e. The summed E-state index contributed by atoms with van der Waals surface area (Å²) >= 11 is 0. The van der Waals surface area contributed by atoms with Gasteiger partial charge in [0.2, 0.25) is 0 Å². The second-order valence-corrected chi connectivity index (χ2v) is 8.93. The van der Waals surface area contributed by atoms with Crippen molar-refractivity contribution in [2.75, 3.05) is 38.1 Å². The van der Waals surface area contributed by atoms with E-state index in [1.807, 2.05) is 50.6 Å². The van der Waals surface area contributed by atoms with Crippen LogP contribution in [0.15, 0.2) is 60.9 Å². The number of piperazine rings is 1. The highest BCUT2D eigenvalue weighted by atomic mass is 16.1. The molecule has 3 heterocycles. The van der Waals surface area contributed by atoms with Crippen molar-refractivity contribution in [2.24, 2.45) is 7.05 Å². The van der Waals surface area contributed by atoms with Gasteiger partial charge in [-0.3, -0.25) is 9.78 Å². The summed E-state index contributed by atoms with van der Waals surface area (Å²) < 4.78 is 2.08. The molecule has 2 aromatic heterocycles. The number of benzene rings is 2. The van der Waals surface area contributed by atoms with Crippen LogP contribution in [0.3, 0.4) is 0 Å². The number of imidazole rings is 1. The Hall–Kier alpha value is -3.51. The number of aromatic nitrogens is 3. The molecule has 0 saturated carbocycles. The number of fused-ring (bicyclic) bond motifs is 1. The number of Topliss-reactive ketones (excluding diaryl/α,β-unsaturated/α-hetero) is 1. The number of pyridine rings is 1. The van der Waals surface area contributed by atoms with Crippen molar-refractivity contribution in [3.05, 3.63) is 78.0 Å². The average Bonchev–Trinajstić information content (AvgIpc) is 3.17. The van der Waals surface area contributed by atoms with E-state index in [2.05, 4.69) is 55.6 Å². The van der Waals surface area contributed by atoms with E-state index in [1.165, 1.54) is 0 Å². The number of carbonyl (C=O) groups is 1. The molecule has 0 radical (unpaired) electrons. The second-order valence-electron chi connectivity index (χ2n) is 8.93. The molecule has 0 N–H and O–H groups in total. The van der Waals surface area contributed by atoms with E-state index in [0.29, 0.717) is 0 Å². The summed E-state index contributed by atoms with van der Waals surface area (Å²) in [5.41, 5.74) is 4.83. The van der Waals surface area contributed by atoms with Gasteiger partial charge in [-0.15, -0.1) is 0 Å². The Labute approximate surface area is 194 Å². The number of aryl methyl sites for hydroxylation is 1. The maximum absolute atomic E-state index is 13.1. The molecule has 0 bridgehead atoms. The maximum Gasteiger partial charge on any atom is 0.168 e. The molecule has 1 aliphatic heterocycles. The lowest BCUT2D eigenvalue weighted by molar-refractivity contribution is 0.0992. The summed E-state index contributed by atoms with van der Waals surface area (Å²) in [5.74, 6) is 1.07. The number of rotatable bonds is 5. The molecule has 0 aliphatic carbocycles. The van der Waals surface area contributed by atoms with Crippen molar-refractivity contribution in [3.63, 3.8) is 0 Å². The van der Waals surface area contributed by atoms with Crippen LogP contribution in [-0.2, 0) is 13.5 Å². The van der Waals surface area contributed by atoms with Crippen LogP contribution in [-0.4, -0.2) is 58.4 Å². The molecule has 0 unspecified atom stereocenters. The Morgan fingerprint density at radius 2 is 1.73 bits per heavy atom. The predicted molar refractivity (Wildman–Crippen MR) is 133 cm³/mol. The van der Waals surface area contributed by atoms with Crippen LogP contribution >= 0.6 is 0 Å². The Bertz CT molecular complexity index is 1320. The second kappa shape index (κ2) is 8.79. The first-order valence-corrected chi connectivity index (χ1v) is 11.4. The molecule has 1 fully saturated rings. The molecule has 33 heavy (non-hydrogen) atoms. The first kappa shape index (κ1) is 21.3. The number of likely N-dealkylation sites (N-methyl/N-ethyl adjacent to an activating group) is 1. The zero-order valence-corrected chi connectivity index (χ0v) is 19.5. The average molecular weight is 440 g/mol. The molecule has 168 valence electrons. The van der Waals surface area contributed by atoms with Gasteiger partial charge in [-0.25, -0.2) is 4.98 Å². The first-order valence-electron chi connectivity index (χ1n) is 11.4.